The highest BCUT2D eigenvalue weighted by Crippen LogP contribution is 2.44. The van der Waals surface area contributed by atoms with Crippen LogP contribution in [0.15, 0.2) is 0 Å². The number of nitrogens with zero attached hydrogens (tertiary/aromatic N) is 1. The number of carbonyl (C=O) groups is 1. The summed E-state index contributed by atoms with van der Waals surface area (Å²) in [6.45, 7) is 4.73. The third-order valence-electron chi connectivity index (χ3n) is 4.52. The molecule has 1 saturated heterocycles. The van der Waals surface area contributed by atoms with E-state index in [0.29, 0.717) is 12.0 Å². The zero-order valence-corrected chi connectivity index (χ0v) is 11.0. The van der Waals surface area contributed by atoms with Crippen molar-refractivity contribution in [2.24, 2.45) is 5.41 Å². The first kappa shape index (κ1) is 12.9. The molecule has 1 amide bonds. The van der Waals surface area contributed by atoms with Crippen LogP contribution in [-0.4, -0.2) is 37.1 Å². The molecule has 17 heavy (non-hydrogen) atoms. The Morgan fingerprint density at radius 1 is 1.12 bits per heavy atom. The molecule has 1 spiro atoms. The van der Waals surface area contributed by atoms with Gasteiger partial charge in [0.15, 0.2) is 0 Å². The zero-order valence-electron chi connectivity index (χ0n) is 11.0. The molecule has 3 heteroatoms. The zero-order chi connectivity index (χ0) is 12.1. The number of hydrogen-bond donors (Lipinski definition) is 0. The Balaban J connectivity index is 1.78. The maximum atomic E-state index is 11.8. The maximum Gasteiger partial charge on any atom is 0.248 e. The van der Waals surface area contributed by atoms with Gasteiger partial charge in [0.1, 0.15) is 6.61 Å². The average Bonchev–Trinajstić information content (AvgIpc) is 2.38. The summed E-state index contributed by atoms with van der Waals surface area (Å²) in [4.78, 5) is 13.8. The third kappa shape index (κ3) is 3.21. The molecule has 0 N–H and O–H groups in total. The van der Waals surface area contributed by atoms with Gasteiger partial charge in [0.05, 0.1) is 0 Å². The molecule has 1 saturated carbocycles. The molecule has 2 aliphatic rings. The van der Waals surface area contributed by atoms with Crippen LogP contribution in [0.3, 0.4) is 0 Å². The summed E-state index contributed by atoms with van der Waals surface area (Å²) in [5.74, 6) is 0.178. The Morgan fingerprint density at radius 3 is 2.35 bits per heavy atom. The Morgan fingerprint density at radius 2 is 1.76 bits per heavy atom. The van der Waals surface area contributed by atoms with E-state index in [0.717, 1.165) is 13.1 Å². The van der Waals surface area contributed by atoms with Crippen molar-refractivity contribution in [3.05, 3.63) is 0 Å². The van der Waals surface area contributed by atoms with Crippen molar-refractivity contribution < 1.29 is 9.53 Å². The summed E-state index contributed by atoms with van der Waals surface area (Å²) in [5, 5.41) is 0. The minimum atomic E-state index is 0.178. The minimum Gasteiger partial charge on any atom is -0.372 e. The number of carbonyl (C=O) groups excluding carboxylic acids is 1. The van der Waals surface area contributed by atoms with Crippen LogP contribution in [0.2, 0.25) is 0 Å². The van der Waals surface area contributed by atoms with Gasteiger partial charge in [-0.2, -0.15) is 0 Å². The molecule has 0 aromatic heterocycles. The maximum absolute atomic E-state index is 11.8. The SMILES string of the molecule is CCOCC(=O)N1CCC2(CCCCC2)CC1. The van der Waals surface area contributed by atoms with Gasteiger partial charge in [-0.05, 0) is 38.0 Å². The number of likely N-dealkylation sites (tertiary alicyclic amines) is 1. The standard InChI is InChI=1S/C14H25NO2/c1-2-17-12-13(16)15-10-8-14(9-11-15)6-4-3-5-7-14/h2-12H2,1H3. The second kappa shape index (κ2) is 5.85. The predicted octanol–water partition coefficient (Wildman–Crippen LogP) is 2.60. The number of piperidine rings is 1. The summed E-state index contributed by atoms with van der Waals surface area (Å²) < 4.78 is 5.19. The molecule has 2 rings (SSSR count). The number of rotatable bonds is 3. The molecule has 3 nitrogen and oxygen atoms in total. The van der Waals surface area contributed by atoms with Gasteiger partial charge in [-0.15, -0.1) is 0 Å². The Bertz CT molecular complexity index is 249. The van der Waals surface area contributed by atoms with Gasteiger partial charge < -0.3 is 9.64 Å². The van der Waals surface area contributed by atoms with Gasteiger partial charge in [0.25, 0.3) is 0 Å². The van der Waals surface area contributed by atoms with E-state index in [4.69, 9.17) is 4.74 Å². The normalized spacial score (nSPS) is 23.9. The summed E-state index contributed by atoms with van der Waals surface area (Å²) >= 11 is 0. The van der Waals surface area contributed by atoms with Crippen LogP contribution >= 0.6 is 0 Å². The molecule has 0 radical (unpaired) electrons. The lowest BCUT2D eigenvalue weighted by molar-refractivity contribution is -0.138. The van der Waals surface area contributed by atoms with Gasteiger partial charge in [-0.1, -0.05) is 19.3 Å². The molecule has 1 aliphatic heterocycles. The topological polar surface area (TPSA) is 29.5 Å². The van der Waals surface area contributed by atoms with Crippen LogP contribution in [0.25, 0.3) is 0 Å². The van der Waals surface area contributed by atoms with Crippen molar-refractivity contribution in [3.63, 3.8) is 0 Å². The molecule has 1 aliphatic carbocycles. The average molecular weight is 239 g/mol. The fourth-order valence-corrected chi connectivity index (χ4v) is 3.31. The van der Waals surface area contributed by atoms with E-state index >= 15 is 0 Å². The fraction of sp³-hybridized carbons (Fsp3) is 0.929. The van der Waals surface area contributed by atoms with E-state index in [1.165, 1.54) is 44.9 Å². The first-order valence-electron chi connectivity index (χ1n) is 7.11. The van der Waals surface area contributed by atoms with E-state index in [-0.39, 0.29) is 12.5 Å². The smallest absolute Gasteiger partial charge is 0.248 e. The van der Waals surface area contributed by atoms with Gasteiger partial charge in [-0.25, -0.2) is 0 Å². The first-order valence-corrected chi connectivity index (χ1v) is 7.11. The highest BCUT2D eigenvalue weighted by atomic mass is 16.5. The number of amides is 1. The summed E-state index contributed by atoms with van der Waals surface area (Å²) in [6, 6.07) is 0. The van der Waals surface area contributed by atoms with E-state index in [9.17, 15) is 4.79 Å². The molecule has 0 aromatic carbocycles. The molecule has 0 aromatic rings. The molecule has 98 valence electrons. The Kier molecular flexibility index (Phi) is 4.43. The highest BCUT2D eigenvalue weighted by Gasteiger charge is 2.36. The molecule has 0 bridgehead atoms. The van der Waals surface area contributed by atoms with E-state index in [1.807, 2.05) is 11.8 Å². The fourth-order valence-electron chi connectivity index (χ4n) is 3.31. The van der Waals surface area contributed by atoms with Crippen molar-refractivity contribution in [2.45, 2.75) is 51.9 Å². The number of hydrogen-bond acceptors (Lipinski definition) is 2. The third-order valence-corrected chi connectivity index (χ3v) is 4.52. The second-order valence-electron chi connectivity index (χ2n) is 5.58. The Hall–Kier alpha value is -0.570. The van der Waals surface area contributed by atoms with Crippen LogP contribution in [-0.2, 0) is 9.53 Å². The number of ether oxygens (including phenoxy) is 1. The van der Waals surface area contributed by atoms with Crippen LogP contribution in [0.1, 0.15) is 51.9 Å². The Labute approximate surface area is 105 Å². The molecular weight excluding hydrogens is 214 g/mol. The van der Waals surface area contributed by atoms with Crippen LogP contribution < -0.4 is 0 Å². The molecule has 0 atom stereocenters. The monoisotopic (exact) mass is 239 g/mol. The molecule has 2 fully saturated rings. The van der Waals surface area contributed by atoms with Crippen LogP contribution in [0, 0.1) is 5.41 Å². The first-order chi connectivity index (χ1) is 8.26. The second-order valence-corrected chi connectivity index (χ2v) is 5.58. The van der Waals surface area contributed by atoms with Crippen molar-refractivity contribution in [3.8, 4) is 0 Å². The van der Waals surface area contributed by atoms with E-state index in [1.54, 1.807) is 0 Å². The predicted molar refractivity (Wildman–Crippen MR) is 67.8 cm³/mol. The summed E-state index contributed by atoms with van der Waals surface area (Å²) in [6.07, 6.45) is 9.41. The lowest BCUT2D eigenvalue weighted by Crippen LogP contribution is -2.45. The lowest BCUT2D eigenvalue weighted by atomic mass is 9.68. The van der Waals surface area contributed by atoms with E-state index < -0.39 is 0 Å². The summed E-state index contributed by atoms with van der Waals surface area (Å²) in [5.41, 5.74) is 0.584. The quantitative estimate of drug-likeness (QED) is 0.757. The molecule has 0 unspecified atom stereocenters. The van der Waals surface area contributed by atoms with Gasteiger partial charge in [0.2, 0.25) is 5.91 Å². The minimum absolute atomic E-state index is 0.178. The highest BCUT2D eigenvalue weighted by molar-refractivity contribution is 5.77. The molecular formula is C14H25NO2. The van der Waals surface area contributed by atoms with E-state index in [2.05, 4.69) is 0 Å². The lowest BCUT2D eigenvalue weighted by Gasteiger charge is -2.44. The van der Waals surface area contributed by atoms with Crippen molar-refractivity contribution in [2.75, 3.05) is 26.3 Å². The van der Waals surface area contributed by atoms with Gasteiger partial charge in [-0.3, -0.25) is 4.79 Å². The van der Waals surface area contributed by atoms with Gasteiger partial charge in [0, 0.05) is 19.7 Å². The van der Waals surface area contributed by atoms with Crippen molar-refractivity contribution in [1.82, 2.24) is 4.90 Å². The van der Waals surface area contributed by atoms with Gasteiger partial charge >= 0.3 is 0 Å². The van der Waals surface area contributed by atoms with Crippen LogP contribution in [0.5, 0.6) is 0 Å². The van der Waals surface area contributed by atoms with Crippen molar-refractivity contribution in [1.29, 1.82) is 0 Å². The molecule has 1 heterocycles. The summed E-state index contributed by atoms with van der Waals surface area (Å²) in [7, 11) is 0. The van der Waals surface area contributed by atoms with Crippen molar-refractivity contribution >= 4 is 5.91 Å². The van der Waals surface area contributed by atoms with Crippen LogP contribution in [0.4, 0.5) is 0 Å². The largest absolute Gasteiger partial charge is 0.372 e.